The smallest absolute Gasteiger partial charge is 0.127 e. The molecule has 0 aliphatic rings. The van der Waals surface area contributed by atoms with Crippen LogP contribution in [-0.2, 0) is 6.54 Å². The number of aromatic hydroxyl groups is 1. The van der Waals surface area contributed by atoms with Gasteiger partial charge in [0.25, 0.3) is 0 Å². The Morgan fingerprint density at radius 3 is 2.75 bits per heavy atom. The molecule has 0 bridgehead atoms. The van der Waals surface area contributed by atoms with Crippen molar-refractivity contribution in [2.24, 2.45) is 0 Å². The lowest BCUT2D eigenvalue weighted by molar-refractivity contribution is 0.413. The molecular weight excluding hydrogens is 257 g/mol. The van der Waals surface area contributed by atoms with Gasteiger partial charge in [-0.25, -0.2) is 4.39 Å². The fourth-order valence-electron chi connectivity index (χ4n) is 2.04. The molecule has 0 spiro atoms. The van der Waals surface area contributed by atoms with Crippen molar-refractivity contribution in [1.82, 2.24) is 5.32 Å². The summed E-state index contributed by atoms with van der Waals surface area (Å²) in [4.78, 5) is 0. The van der Waals surface area contributed by atoms with E-state index in [2.05, 4.69) is 5.32 Å². The zero-order valence-corrected chi connectivity index (χ0v) is 11.6. The first-order valence-corrected chi connectivity index (χ1v) is 6.44. The van der Waals surface area contributed by atoms with Crippen LogP contribution in [0.5, 0.6) is 11.5 Å². The third-order valence-electron chi connectivity index (χ3n) is 3.15. The summed E-state index contributed by atoms with van der Waals surface area (Å²) < 4.78 is 18.4. The summed E-state index contributed by atoms with van der Waals surface area (Å²) in [7, 11) is 1.63. The molecule has 1 unspecified atom stereocenters. The van der Waals surface area contributed by atoms with E-state index in [9.17, 15) is 9.50 Å². The first-order valence-electron chi connectivity index (χ1n) is 6.44. The number of benzene rings is 2. The van der Waals surface area contributed by atoms with Crippen LogP contribution in [0.2, 0.25) is 0 Å². The summed E-state index contributed by atoms with van der Waals surface area (Å²) in [5.74, 6) is 0.311. The van der Waals surface area contributed by atoms with E-state index in [0.717, 1.165) is 17.4 Å². The Kier molecular flexibility index (Phi) is 4.58. The zero-order chi connectivity index (χ0) is 14.5. The molecule has 3 nitrogen and oxygen atoms in total. The van der Waals surface area contributed by atoms with Crippen LogP contribution in [-0.4, -0.2) is 12.2 Å². The van der Waals surface area contributed by atoms with Crippen molar-refractivity contribution in [2.45, 2.75) is 19.5 Å². The number of ether oxygens (including phenoxy) is 1. The molecule has 1 atom stereocenters. The van der Waals surface area contributed by atoms with Crippen LogP contribution in [0.1, 0.15) is 24.1 Å². The molecule has 0 saturated heterocycles. The maximum atomic E-state index is 13.2. The minimum absolute atomic E-state index is 0.0594. The van der Waals surface area contributed by atoms with Crippen molar-refractivity contribution in [2.75, 3.05) is 7.11 Å². The number of phenols is 1. The second-order valence-corrected chi connectivity index (χ2v) is 4.70. The maximum absolute atomic E-state index is 13.2. The normalized spacial score (nSPS) is 12.2. The van der Waals surface area contributed by atoms with Gasteiger partial charge in [0.15, 0.2) is 0 Å². The molecule has 0 aromatic heterocycles. The largest absolute Gasteiger partial charge is 0.508 e. The van der Waals surface area contributed by atoms with E-state index < -0.39 is 5.82 Å². The molecule has 0 aliphatic heterocycles. The molecule has 0 saturated carbocycles. The van der Waals surface area contributed by atoms with E-state index in [1.165, 1.54) is 6.07 Å². The third-order valence-corrected chi connectivity index (χ3v) is 3.15. The lowest BCUT2D eigenvalue weighted by Gasteiger charge is -2.15. The highest BCUT2D eigenvalue weighted by Crippen LogP contribution is 2.20. The number of hydrogen-bond donors (Lipinski definition) is 2. The fraction of sp³-hybridized carbons (Fsp3) is 0.250. The molecule has 0 fully saturated rings. The van der Waals surface area contributed by atoms with Gasteiger partial charge in [0.2, 0.25) is 0 Å². The van der Waals surface area contributed by atoms with E-state index in [1.807, 2.05) is 31.2 Å². The van der Waals surface area contributed by atoms with E-state index in [4.69, 9.17) is 4.74 Å². The second-order valence-electron chi connectivity index (χ2n) is 4.70. The van der Waals surface area contributed by atoms with E-state index >= 15 is 0 Å². The Morgan fingerprint density at radius 2 is 2.05 bits per heavy atom. The van der Waals surface area contributed by atoms with Gasteiger partial charge in [-0.2, -0.15) is 0 Å². The van der Waals surface area contributed by atoms with Gasteiger partial charge >= 0.3 is 0 Å². The molecule has 0 radical (unpaired) electrons. The van der Waals surface area contributed by atoms with E-state index in [-0.39, 0.29) is 11.8 Å². The molecule has 0 heterocycles. The molecule has 106 valence electrons. The lowest BCUT2D eigenvalue weighted by Crippen LogP contribution is -2.18. The summed E-state index contributed by atoms with van der Waals surface area (Å²) in [5, 5.41) is 12.6. The van der Waals surface area contributed by atoms with Crippen LogP contribution in [0.15, 0.2) is 42.5 Å². The van der Waals surface area contributed by atoms with Gasteiger partial charge < -0.3 is 15.2 Å². The standard InChI is InChI=1S/C16H18FNO2/c1-11(13-4-3-5-16(8-13)20-2)18-10-12-6-14(17)9-15(19)7-12/h3-9,11,18-19H,10H2,1-2H3. The molecule has 2 N–H and O–H groups in total. The maximum Gasteiger partial charge on any atom is 0.127 e. The van der Waals surface area contributed by atoms with Crippen LogP contribution in [0, 0.1) is 5.82 Å². The van der Waals surface area contributed by atoms with Gasteiger partial charge in [-0.15, -0.1) is 0 Å². The molecule has 4 heteroatoms. The van der Waals surface area contributed by atoms with Crippen LogP contribution < -0.4 is 10.1 Å². The Hall–Kier alpha value is -2.07. The van der Waals surface area contributed by atoms with Crippen molar-refractivity contribution in [3.8, 4) is 11.5 Å². The monoisotopic (exact) mass is 275 g/mol. The molecule has 2 aromatic carbocycles. The Labute approximate surface area is 118 Å². The van der Waals surface area contributed by atoms with Crippen molar-refractivity contribution < 1.29 is 14.2 Å². The summed E-state index contributed by atoms with van der Waals surface area (Å²) >= 11 is 0. The number of halogens is 1. The number of hydrogen-bond acceptors (Lipinski definition) is 3. The fourth-order valence-corrected chi connectivity index (χ4v) is 2.04. The van der Waals surface area contributed by atoms with E-state index in [0.29, 0.717) is 12.1 Å². The highest BCUT2D eigenvalue weighted by Gasteiger charge is 2.07. The van der Waals surface area contributed by atoms with Crippen LogP contribution >= 0.6 is 0 Å². The molecule has 20 heavy (non-hydrogen) atoms. The molecule has 0 aliphatic carbocycles. The van der Waals surface area contributed by atoms with Crippen LogP contribution in [0.25, 0.3) is 0 Å². The van der Waals surface area contributed by atoms with Crippen LogP contribution in [0.4, 0.5) is 4.39 Å². The molecular formula is C16H18FNO2. The first-order chi connectivity index (χ1) is 9.58. The zero-order valence-electron chi connectivity index (χ0n) is 11.6. The number of nitrogens with one attached hydrogen (secondary N) is 1. The SMILES string of the molecule is COc1cccc(C(C)NCc2cc(O)cc(F)c2)c1. The van der Waals surface area contributed by atoms with E-state index in [1.54, 1.807) is 13.2 Å². The second kappa shape index (κ2) is 6.39. The quantitative estimate of drug-likeness (QED) is 0.879. The van der Waals surface area contributed by atoms with Crippen molar-refractivity contribution in [1.29, 1.82) is 0 Å². The average molecular weight is 275 g/mol. The minimum atomic E-state index is -0.434. The number of phenolic OH excluding ortho intramolecular Hbond substituents is 1. The summed E-state index contributed by atoms with van der Waals surface area (Å²) in [6.07, 6.45) is 0. The predicted octanol–water partition coefficient (Wildman–Crippen LogP) is 3.39. The van der Waals surface area contributed by atoms with Crippen molar-refractivity contribution in [3.63, 3.8) is 0 Å². The Balaban J connectivity index is 2.02. The molecule has 2 aromatic rings. The predicted molar refractivity (Wildman–Crippen MR) is 76.3 cm³/mol. The van der Waals surface area contributed by atoms with Crippen LogP contribution in [0.3, 0.4) is 0 Å². The van der Waals surface area contributed by atoms with Crippen molar-refractivity contribution >= 4 is 0 Å². The van der Waals surface area contributed by atoms with Gasteiger partial charge in [0.05, 0.1) is 7.11 Å². The number of rotatable bonds is 5. The first kappa shape index (κ1) is 14.3. The highest BCUT2D eigenvalue weighted by molar-refractivity contribution is 5.31. The minimum Gasteiger partial charge on any atom is -0.508 e. The van der Waals surface area contributed by atoms with Gasteiger partial charge in [-0.1, -0.05) is 12.1 Å². The summed E-state index contributed by atoms with van der Waals surface area (Å²) in [6.45, 7) is 2.50. The van der Waals surface area contributed by atoms with Gasteiger partial charge in [-0.05, 0) is 42.3 Å². The lowest BCUT2D eigenvalue weighted by atomic mass is 10.1. The molecule has 0 amide bonds. The average Bonchev–Trinajstić information content (AvgIpc) is 2.44. The number of methoxy groups -OCH3 is 1. The summed E-state index contributed by atoms with van der Waals surface area (Å²) in [5.41, 5.74) is 1.79. The van der Waals surface area contributed by atoms with Gasteiger partial charge in [0, 0.05) is 18.7 Å². The van der Waals surface area contributed by atoms with Gasteiger partial charge in [-0.3, -0.25) is 0 Å². The topological polar surface area (TPSA) is 41.5 Å². The Morgan fingerprint density at radius 1 is 1.25 bits per heavy atom. The Bertz CT molecular complexity index is 566. The highest BCUT2D eigenvalue weighted by atomic mass is 19.1. The van der Waals surface area contributed by atoms with Crippen molar-refractivity contribution in [3.05, 3.63) is 59.4 Å². The van der Waals surface area contributed by atoms with Gasteiger partial charge in [0.1, 0.15) is 17.3 Å². The summed E-state index contributed by atoms with van der Waals surface area (Å²) in [6, 6.07) is 11.9. The third kappa shape index (κ3) is 3.71. The molecule has 2 rings (SSSR count).